The Morgan fingerprint density at radius 3 is 2.69 bits per heavy atom. The van der Waals surface area contributed by atoms with Gasteiger partial charge in [-0.3, -0.25) is 0 Å². The highest BCUT2D eigenvalue weighted by Crippen LogP contribution is 2.29. The molecule has 3 N–H and O–H groups in total. The molecule has 1 unspecified atom stereocenters. The second kappa shape index (κ2) is 3.93. The Balaban J connectivity index is 2.88. The fourth-order valence-electron chi connectivity index (χ4n) is 0.990. The van der Waals surface area contributed by atoms with Crippen LogP contribution in [0.4, 0.5) is 10.8 Å². The van der Waals surface area contributed by atoms with E-state index in [1.807, 2.05) is 25.8 Å². The lowest BCUT2D eigenvalue weighted by Gasteiger charge is -2.23. The Morgan fingerprint density at radius 1 is 1.69 bits per heavy atom. The number of nitrogen functional groups attached to an aromatic ring is 1. The van der Waals surface area contributed by atoms with Crippen molar-refractivity contribution < 1.29 is 5.11 Å². The lowest BCUT2D eigenvalue weighted by atomic mass is 10.3. The van der Waals surface area contributed by atoms with Gasteiger partial charge in [-0.2, -0.15) is 4.37 Å². The van der Waals surface area contributed by atoms with Gasteiger partial charge in [0.25, 0.3) is 0 Å². The number of rotatable bonds is 3. The van der Waals surface area contributed by atoms with Crippen molar-refractivity contribution in [1.82, 2.24) is 4.37 Å². The highest BCUT2D eigenvalue weighted by Gasteiger charge is 2.15. The molecule has 0 spiro atoms. The molecule has 0 radical (unpaired) electrons. The van der Waals surface area contributed by atoms with E-state index < -0.39 is 0 Å². The molecule has 0 amide bonds. The first-order chi connectivity index (χ1) is 6.07. The van der Waals surface area contributed by atoms with Crippen LogP contribution in [0.2, 0.25) is 0 Å². The number of nitrogens with zero attached hydrogens (tertiary/aromatic N) is 2. The number of aromatic nitrogens is 1. The van der Waals surface area contributed by atoms with Gasteiger partial charge in [0, 0.05) is 18.7 Å². The third-order valence-corrected chi connectivity index (χ3v) is 3.24. The zero-order valence-electron chi connectivity index (χ0n) is 8.11. The van der Waals surface area contributed by atoms with Crippen LogP contribution in [-0.4, -0.2) is 29.2 Å². The van der Waals surface area contributed by atoms with Crippen LogP contribution in [0.25, 0.3) is 0 Å². The third kappa shape index (κ3) is 1.92. The molecular weight excluding hydrogens is 186 g/mol. The predicted molar refractivity (Wildman–Crippen MR) is 56.2 cm³/mol. The van der Waals surface area contributed by atoms with E-state index in [0.717, 1.165) is 10.6 Å². The minimum absolute atomic E-state index is 0.0959. The molecule has 0 fully saturated rings. The molecule has 0 aliphatic carbocycles. The number of hydrogen-bond donors (Lipinski definition) is 2. The van der Waals surface area contributed by atoms with Crippen LogP contribution >= 0.6 is 11.5 Å². The summed E-state index contributed by atoms with van der Waals surface area (Å²) < 4.78 is 4.05. The van der Waals surface area contributed by atoms with E-state index in [-0.39, 0.29) is 12.6 Å². The Morgan fingerprint density at radius 2 is 2.31 bits per heavy atom. The van der Waals surface area contributed by atoms with Gasteiger partial charge in [0.1, 0.15) is 10.8 Å². The van der Waals surface area contributed by atoms with Crippen molar-refractivity contribution in [3.8, 4) is 0 Å². The van der Waals surface area contributed by atoms with Crippen LogP contribution in [-0.2, 0) is 0 Å². The molecule has 1 heterocycles. The molecular formula is C8H15N3OS. The minimum atomic E-state index is 0.0959. The fraction of sp³-hybridized carbons (Fsp3) is 0.625. The normalized spacial score (nSPS) is 12.9. The van der Waals surface area contributed by atoms with Crippen molar-refractivity contribution in [2.24, 2.45) is 0 Å². The summed E-state index contributed by atoms with van der Waals surface area (Å²) in [5.74, 6) is 0.581. The highest BCUT2D eigenvalue weighted by atomic mass is 32.1. The van der Waals surface area contributed by atoms with Gasteiger partial charge in [-0.25, -0.2) is 0 Å². The van der Waals surface area contributed by atoms with Crippen molar-refractivity contribution in [2.45, 2.75) is 19.9 Å². The molecule has 1 aromatic rings. The first-order valence-electron chi connectivity index (χ1n) is 4.13. The van der Waals surface area contributed by atoms with Crippen molar-refractivity contribution in [3.05, 3.63) is 5.56 Å². The summed E-state index contributed by atoms with van der Waals surface area (Å²) in [5, 5.41) is 10.0. The first kappa shape index (κ1) is 10.3. The summed E-state index contributed by atoms with van der Waals surface area (Å²) in [4.78, 5) is 1.99. The summed E-state index contributed by atoms with van der Waals surface area (Å²) in [6, 6.07) is 0.0959. The predicted octanol–water partition coefficient (Wildman–Crippen LogP) is 0.851. The largest absolute Gasteiger partial charge is 0.394 e. The average Bonchev–Trinajstić information content (AvgIpc) is 2.45. The third-order valence-electron chi connectivity index (χ3n) is 2.18. The fourth-order valence-corrected chi connectivity index (χ4v) is 1.86. The van der Waals surface area contributed by atoms with Crippen LogP contribution in [0.15, 0.2) is 0 Å². The molecule has 0 saturated heterocycles. The zero-order chi connectivity index (χ0) is 10.0. The number of nitrogens with two attached hydrogens (primary N) is 1. The molecule has 13 heavy (non-hydrogen) atoms. The summed E-state index contributed by atoms with van der Waals surface area (Å²) in [5.41, 5.74) is 6.62. The maximum absolute atomic E-state index is 8.98. The maximum Gasteiger partial charge on any atom is 0.142 e. The molecule has 0 saturated carbocycles. The zero-order valence-corrected chi connectivity index (χ0v) is 8.93. The van der Waals surface area contributed by atoms with Gasteiger partial charge >= 0.3 is 0 Å². The van der Waals surface area contributed by atoms with Gasteiger partial charge in [-0.1, -0.05) is 0 Å². The van der Waals surface area contributed by atoms with E-state index in [4.69, 9.17) is 10.8 Å². The van der Waals surface area contributed by atoms with Crippen molar-refractivity contribution in [2.75, 3.05) is 24.3 Å². The van der Waals surface area contributed by atoms with Crippen LogP contribution in [0, 0.1) is 6.92 Å². The topological polar surface area (TPSA) is 62.4 Å². The quantitative estimate of drug-likeness (QED) is 0.761. The maximum atomic E-state index is 8.98. The van der Waals surface area contributed by atoms with E-state index in [2.05, 4.69) is 4.37 Å². The van der Waals surface area contributed by atoms with E-state index in [9.17, 15) is 0 Å². The van der Waals surface area contributed by atoms with Crippen LogP contribution < -0.4 is 10.6 Å². The van der Waals surface area contributed by atoms with E-state index in [1.54, 1.807) is 0 Å². The molecule has 0 aliphatic heterocycles. The summed E-state index contributed by atoms with van der Waals surface area (Å²) in [6.07, 6.45) is 0. The minimum Gasteiger partial charge on any atom is -0.394 e. The second-order valence-corrected chi connectivity index (χ2v) is 3.89. The van der Waals surface area contributed by atoms with Crippen molar-refractivity contribution in [1.29, 1.82) is 0 Å². The molecule has 1 aromatic heterocycles. The van der Waals surface area contributed by atoms with Crippen molar-refractivity contribution >= 4 is 22.4 Å². The number of aliphatic hydroxyl groups is 1. The lowest BCUT2D eigenvalue weighted by Crippen LogP contribution is -2.31. The Hall–Kier alpha value is -0.810. The Labute approximate surface area is 82.2 Å². The lowest BCUT2D eigenvalue weighted by molar-refractivity contribution is 0.270. The smallest absolute Gasteiger partial charge is 0.142 e. The van der Waals surface area contributed by atoms with Gasteiger partial charge in [0.05, 0.1) is 6.61 Å². The SMILES string of the molecule is Cc1c(N)nsc1N(C)C(C)CO. The molecule has 1 rings (SSSR count). The van der Waals surface area contributed by atoms with Crippen LogP contribution in [0.3, 0.4) is 0 Å². The number of anilines is 2. The van der Waals surface area contributed by atoms with Gasteiger partial charge in [0.2, 0.25) is 0 Å². The molecule has 0 bridgehead atoms. The van der Waals surface area contributed by atoms with Gasteiger partial charge in [0.15, 0.2) is 0 Å². The molecule has 4 nitrogen and oxygen atoms in total. The summed E-state index contributed by atoms with van der Waals surface area (Å²) >= 11 is 1.37. The van der Waals surface area contributed by atoms with E-state index in [0.29, 0.717) is 5.82 Å². The Bertz CT molecular complexity index is 287. The number of aliphatic hydroxyl groups excluding tert-OH is 1. The monoisotopic (exact) mass is 201 g/mol. The number of hydrogen-bond acceptors (Lipinski definition) is 5. The molecule has 1 atom stereocenters. The molecule has 0 aromatic carbocycles. The summed E-state index contributed by atoms with van der Waals surface area (Å²) in [7, 11) is 1.93. The van der Waals surface area contributed by atoms with Crippen LogP contribution in [0.1, 0.15) is 12.5 Å². The van der Waals surface area contributed by atoms with E-state index >= 15 is 0 Å². The average molecular weight is 201 g/mol. The van der Waals surface area contributed by atoms with Crippen molar-refractivity contribution in [3.63, 3.8) is 0 Å². The highest BCUT2D eigenvalue weighted by molar-refractivity contribution is 7.10. The standard InChI is InChI=1S/C8H15N3OS/c1-5(4-12)11(3)8-6(2)7(9)10-13-8/h5,12H,4H2,1-3H3,(H2,9,10). The van der Waals surface area contributed by atoms with Crippen LogP contribution in [0.5, 0.6) is 0 Å². The molecule has 0 aliphatic rings. The summed E-state index contributed by atoms with van der Waals surface area (Å²) in [6.45, 7) is 4.03. The molecule has 74 valence electrons. The van der Waals surface area contributed by atoms with Gasteiger partial charge < -0.3 is 15.7 Å². The van der Waals surface area contributed by atoms with Gasteiger partial charge in [-0.15, -0.1) is 0 Å². The second-order valence-electron chi connectivity index (χ2n) is 3.14. The Kier molecular flexibility index (Phi) is 3.11. The van der Waals surface area contributed by atoms with E-state index in [1.165, 1.54) is 11.5 Å². The number of likely N-dealkylation sites (N-methyl/N-ethyl adjacent to an activating group) is 1. The first-order valence-corrected chi connectivity index (χ1v) is 4.90. The van der Waals surface area contributed by atoms with Gasteiger partial charge in [-0.05, 0) is 25.4 Å². The molecule has 5 heteroatoms.